The lowest BCUT2D eigenvalue weighted by Gasteiger charge is -2.37. The smallest absolute Gasteiger partial charge is 0.184 e. The van der Waals surface area contributed by atoms with E-state index in [-0.39, 0.29) is 16.5 Å². The van der Waals surface area contributed by atoms with Crippen LogP contribution in [0.5, 0.6) is 0 Å². The summed E-state index contributed by atoms with van der Waals surface area (Å²) in [5.74, 6) is 0.120. The molecule has 3 N–H and O–H groups in total. The lowest BCUT2D eigenvalue weighted by Crippen LogP contribution is -2.52. The predicted molar refractivity (Wildman–Crippen MR) is 86.7 cm³/mol. The Morgan fingerprint density at radius 2 is 2.14 bits per heavy atom. The van der Waals surface area contributed by atoms with Crippen LogP contribution in [0.1, 0.15) is 6.92 Å². The molecule has 0 aromatic carbocycles. The molecule has 1 aromatic heterocycles. The van der Waals surface area contributed by atoms with Crippen LogP contribution in [0, 0.1) is 0 Å². The van der Waals surface area contributed by atoms with Gasteiger partial charge in [-0.15, -0.1) is 0 Å². The van der Waals surface area contributed by atoms with E-state index in [9.17, 15) is 8.42 Å². The van der Waals surface area contributed by atoms with Gasteiger partial charge in [0.05, 0.1) is 5.75 Å². The minimum Gasteiger partial charge on any atom is -0.382 e. The SMILES string of the molecule is CCS(=O)(=O)c1c(N)nsc1NCC1CN(C)CCN1C. The summed E-state index contributed by atoms with van der Waals surface area (Å²) in [6.07, 6.45) is 0. The number of anilines is 2. The summed E-state index contributed by atoms with van der Waals surface area (Å²) in [5, 5.41) is 3.78. The largest absolute Gasteiger partial charge is 0.382 e. The maximum Gasteiger partial charge on any atom is 0.184 e. The number of aromatic nitrogens is 1. The van der Waals surface area contributed by atoms with Crippen LogP contribution in [0.3, 0.4) is 0 Å². The molecule has 9 heteroatoms. The van der Waals surface area contributed by atoms with Crippen molar-refractivity contribution in [2.45, 2.75) is 17.9 Å². The summed E-state index contributed by atoms with van der Waals surface area (Å²) in [4.78, 5) is 4.71. The Morgan fingerprint density at radius 1 is 1.43 bits per heavy atom. The van der Waals surface area contributed by atoms with Crippen LogP contribution in [0.15, 0.2) is 4.90 Å². The van der Waals surface area contributed by atoms with Crippen molar-refractivity contribution in [1.29, 1.82) is 0 Å². The summed E-state index contributed by atoms with van der Waals surface area (Å²) in [6.45, 7) is 5.30. The van der Waals surface area contributed by atoms with Crippen molar-refractivity contribution in [2.75, 3.05) is 57.1 Å². The van der Waals surface area contributed by atoms with E-state index in [0.29, 0.717) is 17.6 Å². The minimum absolute atomic E-state index is 0.0242. The summed E-state index contributed by atoms with van der Waals surface area (Å²) >= 11 is 1.11. The van der Waals surface area contributed by atoms with E-state index >= 15 is 0 Å². The van der Waals surface area contributed by atoms with Crippen LogP contribution in [0.4, 0.5) is 10.8 Å². The average Bonchev–Trinajstić information content (AvgIpc) is 2.81. The molecule has 7 nitrogen and oxygen atoms in total. The molecule has 1 unspecified atom stereocenters. The quantitative estimate of drug-likeness (QED) is 0.794. The van der Waals surface area contributed by atoms with Gasteiger partial charge in [0.15, 0.2) is 15.7 Å². The molecule has 0 aliphatic carbocycles. The molecule has 2 heterocycles. The van der Waals surface area contributed by atoms with Gasteiger partial charge in [0.1, 0.15) is 9.90 Å². The van der Waals surface area contributed by atoms with Gasteiger partial charge in [0.2, 0.25) is 0 Å². The number of likely N-dealkylation sites (N-methyl/N-ethyl adjacent to an activating group) is 2. The second-order valence-electron chi connectivity index (χ2n) is 5.41. The van der Waals surface area contributed by atoms with Crippen molar-refractivity contribution < 1.29 is 8.42 Å². The number of nitrogens with two attached hydrogens (primary N) is 1. The molecule has 1 fully saturated rings. The second-order valence-corrected chi connectivity index (χ2v) is 8.40. The van der Waals surface area contributed by atoms with Crippen molar-refractivity contribution in [3.8, 4) is 0 Å². The van der Waals surface area contributed by atoms with Crippen LogP contribution in [-0.4, -0.2) is 74.7 Å². The highest BCUT2D eigenvalue weighted by Crippen LogP contribution is 2.32. The van der Waals surface area contributed by atoms with Gasteiger partial charge in [0, 0.05) is 32.2 Å². The molecule has 1 atom stereocenters. The van der Waals surface area contributed by atoms with E-state index in [1.165, 1.54) is 0 Å². The number of nitrogens with zero attached hydrogens (tertiary/aromatic N) is 3. The number of piperazine rings is 1. The highest BCUT2D eigenvalue weighted by molar-refractivity contribution is 7.91. The normalized spacial score (nSPS) is 21.6. The van der Waals surface area contributed by atoms with Crippen molar-refractivity contribution in [1.82, 2.24) is 14.2 Å². The first-order chi connectivity index (χ1) is 9.85. The molecule has 0 bridgehead atoms. The summed E-state index contributed by atoms with van der Waals surface area (Å²) in [6, 6.07) is 0.337. The Labute approximate surface area is 130 Å². The summed E-state index contributed by atoms with van der Waals surface area (Å²) < 4.78 is 28.2. The van der Waals surface area contributed by atoms with Gasteiger partial charge in [-0.1, -0.05) is 6.92 Å². The molecule has 0 spiro atoms. The molecule has 0 saturated carbocycles. The van der Waals surface area contributed by atoms with Crippen LogP contribution in [-0.2, 0) is 9.84 Å². The monoisotopic (exact) mass is 333 g/mol. The third kappa shape index (κ3) is 3.65. The van der Waals surface area contributed by atoms with E-state index in [1.54, 1.807) is 6.92 Å². The van der Waals surface area contributed by atoms with E-state index in [0.717, 1.165) is 31.2 Å². The molecule has 1 saturated heterocycles. The van der Waals surface area contributed by atoms with E-state index < -0.39 is 9.84 Å². The summed E-state index contributed by atoms with van der Waals surface area (Å²) in [7, 11) is 0.825. The molecule has 0 amide bonds. The second kappa shape index (κ2) is 6.47. The number of rotatable bonds is 5. The fraction of sp³-hybridized carbons (Fsp3) is 0.750. The molecular weight excluding hydrogens is 310 g/mol. The van der Waals surface area contributed by atoms with Gasteiger partial charge in [-0.2, -0.15) is 4.37 Å². The zero-order valence-corrected chi connectivity index (χ0v) is 14.3. The molecule has 1 aromatic rings. The molecule has 120 valence electrons. The lowest BCUT2D eigenvalue weighted by atomic mass is 10.2. The molecule has 2 rings (SSSR count). The van der Waals surface area contributed by atoms with Gasteiger partial charge < -0.3 is 16.0 Å². The third-order valence-electron chi connectivity index (χ3n) is 3.84. The highest BCUT2D eigenvalue weighted by Gasteiger charge is 2.26. The van der Waals surface area contributed by atoms with Gasteiger partial charge in [-0.25, -0.2) is 8.42 Å². The van der Waals surface area contributed by atoms with Gasteiger partial charge in [-0.3, -0.25) is 4.90 Å². The lowest BCUT2D eigenvalue weighted by molar-refractivity contribution is 0.122. The zero-order chi connectivity index (χ0) is 15.6. The molecule has 1 aliphatic rings. The van der Waals surface area contributed by atoms with Crippen LogP contribution in [0.25, 0.3) is 0 Å². The Morgan fingerprint density at radius 3 is 2.81 bits per heavy atom. The average molecular weight is 333 g/mol. The fourth-order valence-electron chi connectivity index (χ4n) is 2.38. The number of sulfone groups is 1. The Kier molecular flexibility index (Phi) is 5.07. The van der Waals surface area contributed by atoms with Crippen LogP contribution in [0.2, 0.25) is 0 Å². The Balaban J connectivity index is 2.11. The predicted octanol–water partition coefficient (Wildman–Crippen LogP) is 0.177. The minimum atomic E-state index is -3.36. The topological polar surface area (TPSA) is 91.6 Å². The number of hydrogen-bond donors (Lipinski definition) is 2. The van der Waals surface area contributed by atoms with Crippen LogP contribution >= 0.6 is 11.5 Å². The molecule has 0 radical (unpaired) electrons. The fourth-order valence-corrected chi connectivity index (χ4v) is 4.56. The number of nitrogen functional groups attached to an aromatic ring is 1. The van der Waals surface area contributed by atoms with E-state index in [1.807, 2.05) is 0 Å². The van der Waals surface area contributed by atoms with Crippen molar-refractivity contribution in [3.05, 3.63) is 0 Å². The molecule has 21 heavy (non-hydrogen) atoms. The van der Waals surface area contributed by atoms with Crippen LogP contribution < -0.4 is 11.1 Å². The maximum absolute atomic E-state index is 12.1. The van der Waals surface area contributed by atoms with Crippen molar-refractivity contribution in [3.63, 3.8) is 0 Å². The zero-order valence-electron chi connectivity index (χ0n) is 12.7. The van der Waals surface area contributed by atoms with E-state index in [2.05, 4.69) is 33.6 Å². The van der Waals surface area contributed by atoms with E-state index in [4.69, 9.17) is 5.73 Å². The Bertz CT molecular complexity index is 586. The first-order valence-corrected chi connectivity index (χ1v) is 9.38. The van der Waals surface area contributed by atoms with Gasteiger partial charge >= 0.3 is 0 Å². The number of hydrogen-bond acceptors (Lipinski definition) is 8. The Hall–Kier alpha value is -0.900. The maximum atomic E-state index is 12.1. The number of nitrogens with one attached hydrogen (secondary N) is 1. The highest BCUT2D eigenvalue weighted by atomic mass is 32.2. The standard InChI is InChI=1S/C12H23N5O2S2/c1-4-21(18,19)10-11(13)15-20-12(10)14-7-9-8-16(2)5-6-17(9)3/h9,14H,4-8H2,1-3H3,(H2,13,15). The van der Waals surface area contributed by atoms with Gasteiger partial charge in [0.25, 0.3) is 0 Å². The van der Waals surface area contributed by atoms with Gasteiger partial charge in [-0.05, 0) is 25.6 Å². The van der Waals surface area contributed by atoms with Crippen molar-refractivity contribution >= 4 is 32.2 Å². The molecule has 1 aliphatic heterocycles. The summed E-state index contributed by atoms with van der Waals surface area (Å²) in [5.41, 5.74) is 5.72. The first kappa shape index (κ1) is 16.5. The van der Waals surface area contributed by atoms with Crippen molar-refractivity contribution in [2.24, 2.45) is 0 Å². The third-order valence-corrected chi connectivity index (χ3v) is 6.59. The first-order valence-electron chi connectivity index (χ1n) is 6.95. The molecular formula is C12H23N5O2S2.